The fraction of sp³-hybridized carbons (Fsp3) is 1.00. The minimum absolute atomic E-state index is 0.801. The molecule has 0 aromatic rings. The van der Waals surface area contributed by atoms with Gasteiger partial charge in [0.15, 0.2) is 6.29 Å². The molecule has 0 amide bonds. The summed E-state index contributed by atoms with van der Waals surface area (Å²) in [5, 5.41) is 36.2. The largest absolute Gasteiger partial charge is 0.391 e. The van der Waals surface area contributed by atoms with E-state index in [9.17, 15) is 5.11 Å². The molecule has 0 saturated carbocycles. The summed E-state index contributed by atoms with van der Waals surface area (Å²) in [7, 11) is 1.25. The number of hydrogen-bond donors (Lipinski definition) is 4. The molecule has 4 N–H and O–H groups in total. The van der Waals surface area contributed by atoms with Crippen LogP contribution < -0.4 is 0 Å². The minimum atomic E-state index is -2.12. The summed E-state index contributed by atoms with van der Waals surface area (Å²) in [6, 6.07) is 0. The first kappa shape index (κ1) is 9.85. The Labute approximate surface area is 69.0 Å². The average molecular weight is 180 g/mol. The number of ether oxygens (including phenoxy) is 2. The highest BCUT2D eigenvalue weighted by Gasteiger charge is 2.53. The van der Waals surface area contributed by atoms with Gasteiger partial charge in [-0.15, -0.1) is 0 Å². The Morgan fingerprint density at radius 3 is 2.33 bits per heavy atom. The summed E-state index contributed by atoms with van der Waals surface area (Å²) in [4.78, 5) is 0. The molecule has 0 aromatic carbocycles. The second kappa shape index (κ2) is 3.25. The highest BCUT2D eigenvalue weighted by molar-refractivity contribution is 4.91. The maximum Gasteiger partial charge on any atom is 0.221 e. The molecule has 0 aliphatic carbocycles. The van der Waals surface area contributed by atoms with E-state index >= 15 is 0 Å². The van der Waals surface area contributed by atoms with E-state index in [0.717, 1.165) is 0 Å². The van der Waals surface area contributed by atoms with Crippen LogP contribution in [0.5, 0.6) is 0 Å². The summed E-state index contributed by atoms with van der Waals surface area (Å²) < 4.78 is 9.24. The van der Waals surface area contributed by atoms with Gasteiger partial charge in [-0.1, -0.05) is 0 Å². The fourth-order valence-corrected chi connectivity index (χ4v) is 1.07. The summed E-state index contributed by atoms with van der Waals surface area (Å²) in [6.07, 6.45) is -4.03. The lowest BCUT2D eigenvalue weighted by Gasteiger charge is -2.22. The van der Waals surface area contributed by atoms with E-state index in [4.69, 9.17) is 15.3 Å². The van der Waals surface area contributed by atoms with Crippen LogP contribution in [0.2, 0.25) is 0 Å². The van der Waals surface area contributed by atoms with Crippen molar-refractivity contribution in [1.29, 1.82) is 0 Å². The van der Waals surface area contributed by atoms with Crippen molar-refractivity contribution in [3.05, 3.63) is 0 Å². The third-order valence-corrected chi connectivity index (χ3v) is 1.84. The normalized spacial score (nSPS) is 48.2. The molecule has 0 spiro atoms. The van der Waals surface area contributed by atoms with Crippen molar-refractivity contribution in [2.24, 2.45) is 0 Å². The zero-order valence-electron chi connectivity index (χ0n) is 6.54. The molecule has 6 heteroatoms. The van der Waals surface area contributed by atoms with Crippen molar-refractivity contribution >= 4 is 0 Å². The summed E-state index contributed by atoms with van der Waals surface area (Å²) >= 11 is 0. The minimum Gasteiger partial charge on any atom is -0.391 e. The van der Waals surface area contributed by atoms with Gasteiger partial charge in [0, 0.05) is 7.11 Å². The van der Waals surface area contributed by atoms with Gasteiger partial charge in [-0.3, -0.25) is 0 Å². The molecular formula is C6H12O6. The lowest BCUT2D eigenvalue weighted by atomic mass is 10.1. The Morgan fingerprint density at radius 1 is 1.50 bits per heavy atom. The van der Waals surface area contributed by atoms with Crippen LogP contribution in [0.4, 0.5) is 0 Å². The van der Waals surface area contributed by atoms with Gasteiger partial charge in [0.2, 0.25) is 5.79 Å². The smallest absolute Gasteiger partial charge is 0.221 e. The van der Waals surface area contributed by atoms with Gasteiger partial charge in [0.25, 0.3) is 0 Å². The molecule has 4 atom stereocenters. The maximum absolute atomic E-state index is 9.28. The average Bonchev–Trinajstić information content (AvgIpc) is 2.31. The number of aliphatic hydroxyl groups is 4. The fourth-order valence-electron chi connectivity index (χ4n) is 1.07. The van der Waals surface area contributed by atoms with Crippen LogP contribution >= 0.6 is 0 Å². The molecule has 1 aliphatic rings. The Balaban J connectivity index is 2.72. The van der Waals surface area contributed by atoms with Crippen molar-refractivity contribution in [3.63, 3.8) is 0 Å². The summed E-state index contributed by atoms with van der Waals surface area (Å²) in [5.41, 5.74) is 0. The maximum atomic E-state index is 9.28. The molecule has 0 unspecified atom stereocenters. The summed E-state index contributed by atoms with van der Waals surface area (Å²) in [6.45, 7) is -0.801. The molecule has 0 radical (unpaired) electrons. The van der Waals surface area contributed by atoms with Crippen molar-refractivity contribution < 1.29 is 29.9 Å². The second-order valence-corrected chi connectivity index (χ2v) is 2.66. The number of aliphatic hydroxyl groups excluding tert-OH is 3. The van der Waals surface area contributed by atoms with Crippen LogP contribution in [-0.2, 0) is 9.47 Å². The third-order valence-electron chi connectivity index (χ3n) is 1.84. The topological polar surface area (TPSA) is 99.4 Å². The lowest BCUT2D eigenvalue weighted by Crippen LogP contribution is -2.46. The number of methoxy groups -OCH3 is 1. The van der Waals surface area contributed by atoms with E-state index in [1.54, 1.807) is 0 Å². The highest BCUT2D eigenvalue weighted by atomic mass is 16.8. The van der Waals surface area contributed by atoms with Crippen LogP contribution in [0, 0.1) is 0 Å². The lowest BCUT2D eigenvalue weighted by molar-refractivity contribution is -0.277. The monoisotopic (exact) mass is 180 g/mol. The number of hydrogen-bond acceptors (Lipinski definition) is 6. The zero-order chi connectivity index (χ0) is 9.35. The van der Waals surface area contributed by atoms with Gasteiger partial charge >= 0.3 is 0 Å². The highest BCUT2D eigenvalue weighted by Crippen LogP contribution is 2.28. The first-order valence-corrected chi connectivity index (χ1v) is 3.45. The second-order valence-electron chi connectivity index (χ2n) is 2.66. The van der Waals surface area contributed by atoms with E-state index in [0.29, 0.717) is 0 Å². The van der Waals surface area contributed by atoms with Gasteiger partial charge in [-0.2, -0.15) is 0 Å². The van der Waals surface area contributed by atoms with Crippen molar-refractivity contribution in [3.8, 4) is 0 Å². The molecule has 12 heavy (non-hydrogen) atoms. The molecule has 1 rings (SSSR count). The van der Waals surface area contributed by atoms with Gasteiger partial charge in [-0.05, 0) is 0 Å². The molecule has 0 bridgehead atoms. The SMILES string of the molecule is CO[C@H]1O[C@](O)(CO)[C@@H](O)[C@@H]1O. The standard InChI is InChI=1S/C6H12O6/c1-11-5-3(8)4(9)6(10,2-7)12-5/h3-5,7-10H,2H2,1H3/t3-,4-,5-,6+/m0/s1. The Bertz CT molecular complexity index is 162. The predicted octanol–water partition coefficient (Wildman–Crippen LogP) is -2.61. The van der Waals surface area contributed by atoms with Crippen LogP contribution in [0.25, 0.3) is 0 Å². The Hall–Kier alpha value is -0.240. The Kier molecular flexibility index (Phi) is 2.67. The molecule has 72 valence electrons. The van der Waals surface area contributed by atoms with E-state index in [1.165, 1.54) is 7.11 Å². The van der Waals surface area contributed by atoms with Crippen molar-refractivity contribution in [1.82, 2.24) is 0 Å². The van der Waals surface area contributed by atoms with Crippen LogP contribution in [0.15, 0.2) is 0 Å². The van der Waals surface area contributed by atoms with Gasteiger partial charge in [0.05, 0.1) is 6.61 Å². The molecular weight excluding hydrogens is 168 g/mol. The van der Waals surface area contributed by atoms with Crippen molar-refractivity contribution in [2.75, 3.05) is 13.7 Å². The van der Waals surface area contributed by atoms with Crippen LogP contribution in [-0.4, -0.2) is 58.4 Å². The van der Waals surface area contributed by atoms with E-state index in [2.05, 4.69) is 9.47 Å². The Morgan fingerprint density at radius 2 is 2.08 bits per heavy atom. The predicted molar refractivity (Wildman–Crippen MR) is 35.9 cm³/mol. The van der Waals surface area contributed by atoms with Crippen LogP contribution in [0.3, 0.4) is 0 Å². The zero-order valence-corrected chi connectivity index (χ0v) is 6.54. The van der Waals surface area contributed by atoms with E-state index < -0.39 is 30.9 Å². The molecule has 1 fully saturated rings. The first-order valence-electron chi connectivity index (χ1n) is 3.45. The molecule has 1 aliphatic heterocycles. The van der Waals surface area contributed by atoms with Gasteiger partial charge in [0.1, 0.15) is 12.2 Å². The summed E-state index contributed by atoms with van der Waals surface area (Å²) in [5.74, 6) is -2.12. The number of rotatable bonds is 2. The van der Waals surface area contributed by atoms with E-state index in [1.807, 2.05) is 0 Å². The molecule has 0 aromatic heterocycles. The van der Waals surface area contributed by atoms with Gasteiger partial charge < -0.3 is 29.9 Å². The first-order chi connectivity index (χ1) is 5.55. The van der Waals surface area contributed by atoms with Crippen molar-refractivity contribution in [2.45, 2.75) is 24.3 Å². The molecule has 6 nitrogen and oxygen atoms in total. The quantitative estimate of drug-likeness (QED) is 0.371. The molecule has 1 saturated heterocycles. The van der Waals surface area contributed by atoms with Gasteiger partial charge in [-0.25, -0.2) is 0 Å². The molecule has 1 heterocycles. The van der Waals surface area contributed by atoms with E-state index in [-0.39, 0.29) is 0 Å². The van der Waals surface area contributed by atoms with Crippen LogP contribution in [0.1, 0.15) is 0 Å². The third kappa shape index (κ3) is 1.33.